The van der Waals surface area contributed by atoms with Crippen molar-refractivity contribution >= 4 is 22.3 Å². The molecule has 0 saturated carbocycles. The molecule has 0 amide bonds. The van der Waals surface area contributed by atoms with Gasteiger partial charge in [0, 0.05) is 24.3 Å². The first-order chi connectivity index (χ1) is 6.31. The number of rotatable bonds is 1. The van der Waals surface area contributed by atoms with Crippen molar-refractivity contribution in [1.82, 2.24) is 4.98 Å². The maximum atomic E-state index is 5.69. The fraction of sp³-hybridized carbons (Fsp3) is 0.100. The maximum absolute atomic E-state index is 5.69. The molecule has 66 valence electrons. The van der Waals surface area contributed by atoms with Gasteiger partial charge in [-0.1, -0.05) is 6.07 Å². The highest BCUT2D eigenvalue weighted by Gasteiger charge is 1.99. The molecule has 3 N–H and O–H groups in total. The van der Waals surface area contributed by atoms with E-state index < -0.39 is 0 Å². The lowest BCUT2D eigenvalue weighted by Gasteiger charge is -2.04. The predicted molar refractivity (Wildman–Crippen MR) is 55.7 cm³/mol. The molecule has 0 aliphatic heterocycles. The summed E-state index contributed by atoms with van der Waals surface area (Å²) in [7, 11) is 1.85. The summed E-state index contributed by atoms with van der Waals surface area (Å²) in [4.78, 5) is 4.20. The van der Waals surface area contributed by atoms with Crippen molar-refractivity contribution < 1.29 is 0 Å². The molecule has 1 aromatic carbocycles. The van der Waals surface area contributed by atoms with E-state index in [1.165, 1.54) is 0 Å². The fourth-order valence-electron chi connectivity index (χ4n) is 1.39. The van der Waals surface area contributed by atoms with Gasteiger partial charge in [0.1, 0.15) is 5.82 Å². The number of pyridine rings is 1. The lowest BCUT2D eigenvalue weighted by molar-refractivity contribution is 1.32. The highest BCUT2D eigenvalue weighted by atomic mass is 14.9. The standard InChI is InChI=1S/C10H11N3/c1-12-10-9-6-8(11)3-2-7(9)4-5-13-10/h2-6H,11H2,1H3,(H,12,13). The van der Waals surface area contributed by atoms with Crippen LogP contribution in [0.3, 0.4) is 0 Å². The Morgan fingerprint density at radius 3 is 2.92 bits per heavy atom. The summed E-state index contributed by atoms with van der Waals surface area (Å²) in [5.41, 5.74) is 6.45. The van der Waals surface area contributed by atoms with Crippen molar-refractivity contribution in [3.05, 3.63) is 30.5 Å². The highest BCUT2D eigenvalue weighted by Crippen LogP contribution is 2.22. The van der Waals surface area contributed by atoms with E-state index in [0.717, 1.165) is 22.3 Å². The summed E-state index contributed by atoms with van der Waals surface area (Å²) in [6, 6.07) is 7.78. The number of hydrogen-bond acceptors (Lipinski definition) is 3. The minimum Gasteiger partial charge on any atom is -0.399 e. The molecule has 2 aromatic rings. The van der Waals surface area contributed by atoms with E-state index in [1.807, 2.05) is 31.3 Å². The van der Waals surface area contributed by atoms with Crippen molar-refractivity contribution in [2.24, 2.45) is 0 Å². The molecule has 1 heterocycles. The van der Waals surface area contributed by atoms with Crippen LogP contribution in [-0.2, 0) is 0 Å². The van der Waals surface area contributed by atoms with E-state index in [1.54, 1.807) is 6.20 Å². The Bertz CT molecular complexity index is 437. The molecule has 0 aliphatic rings. The van der Waals surface area contributed by atoms with Gasteiger partial charge in [-0.2, -0.15) is 0 Å². The zero-order valence-electron chi connectivity index (χ0n) is 7.41. The molecular formula is C10H11N3. The number of nitrogens with zero attached hydrogens (tertiary/aromatic N) is 1. The zero-order chi connectivity index (χ0) is 9.26. The second-order valence-electron chi connectivity index (χ2n) is 2.89. The largest absolute Gasteiger partial charge is 0.399 e. The van der Waals surface area contributed by atoms with E-state index >= 15 is 0 Å². The predicted octanol–water partition coefficient (Wildman–Crippen LogP) is 1.86. The molecule has 0 radical (unpaired) electrons. The van der Waals surface area contributed by atoms with Crippen LogP contribution in [0.4, 0.5) is 11.5 Å². The van der Waals surface area contributed by atoms with Crippen LogP contribution in [0.2, 0.25) is 0 Å². The van der Waals surface area contributed by atoms with Gasteiger partial charge in [-0.3, -0.25) is 0 Å². The molecular weight excluding hydrogens is 162 g/mol. The monoisotopic (exact) mass is 173 g/mol. The smallest absolute Gasteiger partial charge is 0.133 e. The quantitative estimate of drug-likeness (QED) is 0.647. The average molecular weight is 173 g/mol. The van der Waals surface area contributed by atoms with E-state index in [9.17, 15) is 0 Å². The topological polar surface area (TPSA) is 50.9 Å². The van der Waals surface area contributed by atoms with Gasteiger partial charge in [-0.25, -0.2) is 4.98 Å². The average Bonchev–Trinajstić information content (AvgIpc) is 2.17. The van der Waals surface area contributed by atoms with Crippen LogP contribution in [0, 0.1) is 0 Å². The molecule has 13 heavy (non-hydrogen) atoms. The molecule has 0 aliphatic carbocycles. The van der Waals surface area contributed by atoms with E-state index in [-0.39, 0.29) is 0 Å². The van der Waals surface area contributed by atoms with Crippen molar-refractivity contribution in [2.75, 3.05) is 18.1 Å². The van der Waals surface area contributed by atoms with Gasteiger partial charge in [-0.15, -0.1) is 0 Å². The Balaban J connectivity index is 2.79. The molecule has 0 bridgehead atoms. The summed E-state index contributed by atoms with van der Waals surface area (Å²) in [5.74, 6) is 0.866. The molecule has 3 heteroatoms. The van der Waals surface area contributed by atoms with Crippen molar-refractivity contribution in [1.29, 1.82) is 0 Å². The Labute approximate surface area is 76.6 Å². The summed E-state index contributed by atoms with van der Waals surface area (Å²) in [6.45, 7) is 0. The Hall–Kier alpha value is -1.77. The lowest BCUT2D eigenvalue weighted by Crippen LogP contribution is -1.93. The third-order valence-corrected chi connectivity index (χ3v) is 2.03. The minimum absolute atomic E-state index is 0.761. The second kappa shape index (κ2) is 2.94. The molecule has 0 fully saturated rings. The summed E-state index contributed by atoms with van der Waals surface area (Å²) < 4.78 is 0. The number of fused-ring (bicyclic) bond motifs is 1. The van der Waals surface area contributed by atoms with Gasteiger partial charge < -0.3 is 11.1 Å². The maximum Gasteiger partial charge on any atom is 0.133 e. The summed E-state index contributed by atoms with van der Waals surface area (Å²) in [6.07, 6.45) is 1.78. The van der Waals surface area contributed by atoms with Crippen LogP contribution in [0.1, 0.15) is 0 Å². The van der Waals surface area contributed by atoms with Gasteiger partial charge in [0.15, 0.2) is 0 Å². The molecule has 0 saturated heterocycles. The molecule has 0 spiro atoms. The number of benzene rings is 1. The van der Waals surface area contributed by atoms with Crippen molar-refractivity contribution in [3.8, 4) is 0 Å². The molecule has 3 nitrogen and oxygen atoms in total. The molecule has 2 rings (SSSR count). The number of aromatic nitrogens is 1. The van der Waals surface area contributed by atoms with Crippen molar-refractivity contribution in [3.63, 3.8) is 0 Å². The van der Waals surface area contributed by atoms with Crippen molar-refractivity contribution in [2.45, 2.75) is 0 Å². The van der Waals surface area contributed by atoms with Gasteiger partial charge in [-0.05, 0) is 23.6 Å². The third-order valence-electron chi connectivity index (χ3n) is 2.03. The van der Waals surface area contributed by atoms with Crippen LogP contribution in [0.15, 0.2) is 30.5 Å². The van der Waals surface area contributed by atoms with Gasteiger partial charge in [0.05, 0.1) is 0 Å². The number of anilines is 2. The van der Waals surface area contributed by atoms with Crippen LogP contribution >= 0.6 is 0 Å². The van der Waals surface area contributed by atoms with Crippen LogP contribution < -0.4 is 11.1 Å². The lowest BCUT2D eigenvalue weighted by atomic mass is 10.1. The number of nitrogen functional groups attached to an aromatic ring is 1. The fourth-order valence-corrected chi connectivity index (χ4v) is 1.39. The Morgan fingerprint density at radius 1 is 1.31 bits per heavy atom. The molecule has 0 atom stereocenters. The first-order valence-electron chi connectivity index (χ1n) is 4.13. The van der Waals surface area contributed by atoms with Gasteiger partial charge in [0.25, 0.3) is 0 Å². The van der Waals surface area contributed by atoms with Crippen LogP contribution in [0.25, 0.3) is 10.8 Å². The first-order valence-corrected chi connectivity index (χ1v) is 4.13. The number of nitrogens with two attached hydrogens (primary N) is 1. The van der Waals surface area contributed by atoms with Crippen LogP contribution in [-0.4, -0.2) is 12.0 Å². The Kier molecular flexibility index (Phi) is 1.77. The van der Waals surface area contributed by atoms with Gasteiger partial charge in [0.2, 0.25) is 0 Å². The molecule has 1 aromatic heterocycles. The summed E-state index contributed by atoms with van der Waals surface area (Å²) in [5, 5.41) is 5.24. The minimum atomic E-state index is 0.761. The number of nitrogens with one attached hydrogen (secondary N) is 1. The first kappa shape index (κ1) is 7.86. The third kappa shape index (κ3) is 1.28. The Morgan fingerprint density at radius 2 is 2.15 bits per heavy atom. The SMILES string of the molecule is CNc1nccc2ccc(N)cc12. The normalized spacial score (nSPS) is 10.2. The van der Waals surface area contributed by atoms with E-state index in [4.69, 9.17) is 5.73 Å². The highest BCUT2D eigenvalue weighted by molar-refractivity contribution is 5.93. The summed E-state index contributed by atoms with van der Waals surface area (Å²) >= 11 is 0. The second-order valence-corrected chi connectivity index (χ2v) is 2.89. The van der Waals surface area contributed by atoms with E-state index in [0.29, 0.717) is 0 Å². The van der Waals surface area contributed by atoms with Gasteiger partial charge >= 0.3 is 0 Å². The molecule has 0 unspecified atom stereocenters. The zero-order valence-corrected chi connectivity index (χ0v) is 7.41. The van der Waals surface area contributed by atoms with E-state index in [2.05, 4.69) is 10.3 Å². The number of hydrogen-bond donors (Lipinski definition) is 2. The van der Waals surface area contributed by atoms with Crippen LogP contribution in [0.5, 0.6) is 0 Å².